The van der Waals surface area contributed by atoms with Crippen molar-refractivity contribution in [2.75, 3.05) is 11.5 Å². The van der Waals surface area contributed by atoms with Crippen molar-refractivity contribution in [2.45, 2.75) is 36.3 Å². The monoisotopic (exact) mass is 351 g/mol. The number of alkyl halides is 3. The van der Waals surface area contributed by atoms with Gasteiger partial charge < -0.3 is 10.6 Å². The van der Waals surface area contributed by atoms with E-state index in [2.05, 4.69) is 5.32 Å². The van der Waals surface area contributed by atoms with Crippen LogP contribution < -0.4 is 10.6 Å². The number of rotatable bonds is 4. The molecular formula is C10H18Cl3N2O3S+. The Bertz CT molecular complexity index is 434. The van der Waals surface area contributed by atoms with Crippen molar-refractivity contribution in [3.05, 3.63) is 0 Å². The van der Waals surface area contributed by atoms with Gasteiger partial charge in [0.05, 0.1) is 5.75 Å². The highest BCUT2D eigenvalue weighted by Crippen LogP contribution is 2.27. The summed E-state index contributed by atoms with van der Waals surface area (Å²) in [7, 11) is -3.00. The van der Waals surface area contributed by atoms with Crippen LogP contribution in [0.2, 0.25) is 0 Å². The highest BCUT2D eigenvalue weighted by molar-refractivity contribution is 7.91. The van der Waals surface area contributed by atoms with Crippen LogP contribution in [0.25, 0.3) is 0 Å². The largest absolute Gasteiger partial charge is 0.320 e. The minimum Gasteiger partial charge on any atom is -0.320 e. The maximum atomic E-state index is 11.7. The Morgan fingerprint density at radius 2 is 1.95 bits per heavy atom. The maximum Gasteiger partial charge on any atom is 0.262 e. The van der Waals surface area contributed by atoms with Crippen LogP contribution in [0.1, 0.15) is 20.3 Å². The van der Waals surface area contributed by atoms with Gasteiger partial charge in [-0.3, -0.25) is 4.79 Å². The number of nitrogens with two attached hydrogens (primary N) is 1. The first-order chi connectivity index (χ1) is 8.51. The minimum absolute atomic E-state index is 0.0434. The van der Waals surface area contributed by atoms with Crippen molar-refractivity contribution in [3.8, 4) is 0 Å². The van der Waals surface area contributed by atoms with Crippen LogP contribution in [0.4, 0.5) is 0 Å². The summed E-state index contributed by atoms with van der Waals surface area (Å²) < 4.78 is 21.1. The molecule has 112 valence electrons. The van der Waals surface area contributed by atoms with Gasteiger partial charge >= 0.3 is 0 Å². The first kappa shape index (κ1) is 17.3. The third-order valence-corrected chi connectivity index (χ3v) is 5.41. The van der Waals surface area contributed by atoms with Gasteiger partial charge in [-0.25, -0.2) is 8.42 Å². The highest BCUT2D eigenvalue weighted by Gasteiger charge is 2.42. The first-order valence-corrected chi connectivity index (χ1v) is 8.89. The van der Waals surface area contributed by atoms with Gasteiger partial charge in [-0.05, 0) is 0 Å². The number of hydrogen-bond acceptors (Lipinski definition) is 3. The zero-order valence-corrected chi connectivity index (χ0v) is 13.8. The van der Waals surface area contributed by atoms with E-state index in [0.29, 0.717) is 6.42 Å². The quantitative estimate of drug-likeness (QED) is 0.560. The Morgan fingerprint density at radius 3 is 2.32 bits per heavy atom. The lowest BCUT2D eigenvalue weighted by Crippen LogP contribution is -3.01. The minimum atomic E-state index is -3.00. The molecule has 1 heterocycles. The fourth-order valence-electron chi connectivity index (χ4n) is 1.81. The smallest absolute Gasteiger partial charge is 0.262 e. The Hall–Kier alpha value is 0.250. The summed E-state index contributed by atoms with van der Waals surface area (Å²) in [5.74, 6) is -0.301. The molecule has 0 aromatic heterocycles. The molecule has 1 aliphatic heterocycles. The maximum absolute atomic E-state index is 11.7. The fourth-order valence-corrected chi connectivity index (χ4v) is 3.95. The Balaban J connectivity index is 2.69. The van der Waals surface area contributed by atoms with Crippen molar-refractivity contribution >= 4 is 50.5 Å². The number of amides is 1. The molecule has 1 aliphatic rings. The van der Waals surface area contributed by atoms with E-state index in [4.69, 9.17) is 34.8 Å². The van der Waals surface area contributed by atoms with E-state index < -0.39 is 19.8 Å². The van der Waals surface area contributed by atoms with Crippen molar-refractivity contribution in [2.24, 2.45) is 5.92 Å². The number of hydrogen-bond donors (Lipinski definition) is 2. The molecule has 2 atom stereocenters. The van der Waals surface area contributed by atoms with Crippen LogP contribution in [-0.4, -0.2) is 41.8 Å². The Labute approximate surface area is 128 Å². The average Bonchev–Trinajstić information content (AvgIpc) is 2.55. The van der Waals surface area contributed by atoms with E-state index in [1.807, 2.05) is 0 Å². The van der Waals surface area contributed by atoms with Crippen molar-refractivity contribution in [1.82, 2.24) is 5.32 Å². The molecule has 0 aromatic rings. The number of sulfone groups is 1. The number of halogens is 3. The lowest BCUT2D eigenvalue weighted by atomic mass is 10.2. The van der Waals surface area contributed by atoms with Crippen molar-refractivity contribution < 1.29 is 18.5 Å². The molecule has 9 heteroatoms. The molecule has 1 amide bonds. The molecule has 19 heavy (non-hydrogen) atoms. The van der Waals surface area contributed by atoms with Gasteiger partial charge in [0.1, 0.15) is 11.8 Å². The molecule has 5 nitrogen and oxygen atoms in total. The zero-order chi connectivity index (χ0) is 14.8. The van der Waals surface area contributed by atoms with Crippen molar-refractivity contribution in [3.63, 3.8) is 0 Å². The molecule has 0 aliphatic carbocycles. The van der Waals surface area contributed by atoms with Gasteiger partial charge in [-0.2, -0.15) is 0 Å². The third kappa shape index (κ3) is 5.63. The number of carbonyl (C=O) groups is 1. The summed E-state index contributed by atoms with van der Waals surface area (Å²) >= 11 is 17.5. The summed E-state index contributed by atoms with van der Waals surface area (Å²) in [6, 6.07) is -0.196. The lowest BCUT2D eigenvalue weighted by Gasteiger charge is -2.26. The molecule has 0 saturated carbocycles. The van der Waals surface area contributed by atoms with Gasteiger partial charge in [0.15, 0.2) is 9.84 Å². The molecule has 1 saturated heterocycles. The number of carbonyl (C=O) groups excluding carboxylic acids is 1. The second-order valence-electron chi connectivity index (χ2n) is 5.04. The van der Waals surface area contributed by atoms with Gasteiger partial charge in [0.25, 0.3) is 3.79 Å². The molecule has 0 aromatic carbocycles. The normalized spacial score (nSPS) is 24.4. The predicted molar refractivity (Wildman–Crippen MR) is 76.0 cm³/mol. The van der Waals surface area contributed by atoms with Crippen LogP contribution in [0.15, 0.2) is 0 Å². The van der Waals surface area contributed by atoms with E-state index in [-0.39, 0.29) is 29.4 Å². The summed E-state index contributed by atoms with van der Waals surface area (Å²) in [5, 5.41) is 4.25. The van der Waals surface area contributed by atoms with Crippen LogP contribution in [0.3, 0.4) is 0 Å². The van der Waals surface area contributed by atoms with E-state index in [0.717, 1.165) is 0 Å². The zero-order valence-electron chi connectivity index (χ0n) is 10.7. The number of quaternary nitrogens is 1. The van der Waals surface area contributed by atoms with Gasteiger partial charge in [0, 0.05) is 12.3 Å². The van der Waals surface area contributed by atoms with Crippen LogP contribution >= 0.6 is 34.8 Å². The molecule has 0 radical (unpaired) electrons. The molecule has 1 fully saturated rings. The standard InChI is InChI=1S/C10H17Cl3N2O3S/c1-6(2)8(16)15-9(10(11,12)13)14-7-3-4-19(17,18)5-7/h6-7,9,14H,3-5H2,1-2H3,(H,15,16)/p+1/t7-,9+/m1/s1. The highest BCUT2D eigenvalue weighted by atomic mass is 35.6. The van der Waals surface area contributed by atoms with E-state index in [9.17, 15) is 13.2 Å². The molecule has 0 bridgehead atoms. The molecular weight excluding hydrogens is 335 g/mol. The first-order valence-electron chi connectivity index (χ1n) is 5.94. The van der Waals surface area contributed by atoms with E-state index in [1.54, 1.807) is 19.2 Å². The van der Waals surface area contributed by atoms with Gasteiger partial charge in [0.2, 0.25) is 12.1 Å². The Kier molecular flexibility index (Phi) is 5.78. The van der Waals surface area contributed by atoms with Crippen LogP contribution in [-0.2, 0) is 14.6 Å². The Morgan fingerprint density at radius 1 is 1.37 bits per heavy atom. The number of nitrogens with one attached hydrogen (secondary N) is 1. The molecule has 1 rings (SSSR count). The summed E-state index contributed by atoms with van der Waals surface area (Å²) in [6.45, 7) is 3.45. The second-order valence-corrected chi connectivity index (χ2v) is 9.64. The summed E-state index contributed by atoms with van der Waals surface area (Å²) in [5.41, 5.74) is 0. The average molecular weight is 353 g/mol. The van der Waals surface area contributed by atoms with Gasteiger partial charge in [-0.1, -0.05) is 48.7 Å². The van der Waals surface area contributed by atoms with E-state index in [1.165, 1.54) is 0 Å². The third-order valence-electron chi connectivity index (χ3n) is 2.91. The predicted octanol–water partition coefficient (Wildman–Crippen LogP) is 0.205. The van der Waals surface area contributed by atoms with Crippen molar-refractivity contribution in [1.29, 1.82) is 0 Å². The summed E-state index contributed by atoms with van der Waals surface area (Å²) in [4.78, 5) is 11.7. The van der Waals surface area contributed by atoms with Crippen LogP contribution in [0.5, 0.6) is 0 Å². The lowest BCUT2D eigenvalue weighted by molar-refractivity contribution is -0.719. The second kappa shape index (κ2) is 6.35. The topological polar surface area (TPSA) is 79.8 Å². The summed E-state index contributed by atoms with van der Waals surface area (Å²) in [6.07, 6.45) is -0.303. The fraction of sp³-hybridized carbons (Fsp3) is 0.900. The molecule has 0 unspecified atom stereocenters. The van der Waals surface area contributed by atoms with E-state index >= 15 is 0 Å². The van der Waals surface area contributed by atoms with Gasteiger partial charge in [-0.15, -0.1) is 0 Å². The molecule has 0 spiro atoms. The SMILES string of the molecule is CC(C)C(=O)N[C@H]([NH2+][C@@H]1CCS(=O)(=O)C1)C(Cl)(Cl)Cl. The van der Waals surface area contributed by atoms with Crippen LogP contribution in [0, 0.1) is 5.92 Å². The molecule has 3 N–H and O–H groups in total.